The summed E-state index contributed by atoms with van der Waals surface area (Å²) in [5, 5.41) is 6.40. The summed E-state index contributed by atoms with van der Waals surface area (Å²) in [6.45, 7) is 2.21. The van der Waals surface area contributed by atoms with Crippen molar-refractivity contribution in [2.24, 2.45) is 0 Å². The van der Waals surface area contributed by atoms with Crippen molar-refractivity contribution in [2.75, 3.05) is 0 Å². The first-order valence-corrected chi connectivity index (χ1v) is 6.13. The Hall–Kier alpha value is -1.82. The highest BCUT2D eigenvalue weighted by Gasteiger charge is 2.15. The number of aryl methyl sites for hydroxylation is 1. The predicted octanol–water partition coefficient (Wildman–Crippen LogP) is 2.66. The van der Waals surface area contributed by atoms with Gasteiger partial charge < -0.3 is 5.32 Å². The van der Waals surface area contributed by atoms with Crippen molar-refractivity contribution in [3.05, 3.63) is 51.5 Å². The predicted molar refractivity (Wildman–Crippen MR) is 64.4 cm³/mol. The highest BCUT2D eigenvalue weighted by Crippen LogP contribution is 2.14. The average Bonchev–Trinajstić information content (AvgIpc) is 2.75. The molecule has 0 fully saturated rings. The first kappa shape index (κ1) is 12.6. The van der Waals surface area contributed by atoms with Crippen molar-refractivity contribution in [3.63, 3.8) is 0 Å². The van der Waals surface area contributed by atoms with E-state index in [1.165, 1.54) is 11.3 Å². The Labute approximate surface area is 106 Å². The van der Waals surface area contributed by atoms with Crippen molar-refractivity contribution in [1.82, 2.24) is 10.3 Å². The molecule has 0 unspecified atom stereocenters. The number of nitrogens with one attached hydrogen (secondary N) is 1. The molecule has 0 aliphatic heterocycles. The van der Waals surface area contributed by atoms with Gasteiger partial charge in [0.25, 0.3) is 5.91 Å². The molecule has 94 valence electrons. The van der Waals surface area contributed by atoms with E-state index in [1.54, 1.807) is 0 Å². The monoisotopic (exact) mass is 268 g/mol. The minimum atomic E-state index is -1.27. The number of halogens is 2. The Morgan fingerprint density at radius 2 is 2.22 bits per heavy atom. The van der Waals surface area contributed by atoms with E-state index in [0.29, 0.717) is 0 Å². The highest BCUT2D eigenvalue weighted by molar-refractivity contribution is 7.08. The smallest absolute Gasteiger partial charge is 0.254 e. The van der Waals surface area contributed by atoms with Gasteiger partial charge in [0.2, 0.25) is 5.95 Å². The summed E-state index contributed by atoms with van der Waals surface area (Å²) in [6, 6.07) is 1.15. The van der Waals surface area contributed by atoms with Gasteiger partial charge in [-0.2, -0.15) is 15.7 Å². The number of nitrogens with zero attached hydrogens (tertiary/aromatic N) is 1. The van der Waals surface area contributed by atoms with Crippen LogP contribution in [0.25, 0.3) is 0 Å². The summed E-state index contributed by atoms with van der Waals surface area (Å²) in [5.74, 6) is -3.15. The molecule has 18 heavy (non-hydrogen) atoms. The molecule has 1 N–H and O–H groups in total. The zero-order valence-corrected chi connectivity index (χ0v) is 10.4. The Balaban J connectivity index is 2.09. The molecule has 2 aromatic heterocycles. The van der Waals surface area contributed by atoms with Gasteiger partial charge in [-0.25, -0.2) is 9.37 Å². The van der Waals surface area contributed by atoms with Crippen LogP contribution in [0, 0.1) is 18.7 Å². The van der Waals surface area contributed by atoms with E-state index in [-0.39, 0.29) is 12.1 Å². The van der Waals surface area contributed by atoms with Crippen molar-refractivity contribution in [1.29, 1.82) is 0 Å². The normalized spacial score (nSPS) is 10.4. The average molecular weight is 268 g/mol. The summed E-state index contributed by atoms with van der Waals surface area (Å²) < 4.78 is 26.2. The Kier molecular flexibility index (Phi) is 3.66. The van der Waals surface area contributed by atoms with Crippen LogP contribution in [0.15, 0.2) is 23.0 Å². The Morgan fingerprint density at radius 1 is 1.44 bits per heavy atom. The van der Waals surface area contributed by atoms with Gasteiger partial charge in [0.15, 0.2) is 5.82 Å². The lowest BCUT2D eigenvalue weighted by molar-refractivity contribution is 0.0945. The summed E-state index contributed by atoms with van der Waals surface area (Å²) in [7, 11) is 0. The maximum absolute atomic E-state index is 13.3. The lowest BCUT2D eigenvalue weighted by atomic mass is 10.2. The van der Waals surface area contributed by atoms with Crippen LogP contribution in [-0.2, 0) is 6.54 Å². The first-order valence-electron chi connectivity index (χ1n) is 5.19. The molecule has 3 nitrogen and oxygen atoms in total. The van der Waals surface area contributed by atoms with E-state index in [4.69, 9.17) is 0 Å². The molecule has 0 radical (unpaired) electrons. The third-order valence-corrected chi connectivity index (χ3v) is 3.40. The lowest BCUT2D eigenvalue weighted by Gasteiger charge is -2.05. The second kappa shape index (κ2) is 5.22. The fraction of sp³-hybridized carbons (Fsp3) is 0.167. The number of hydrogen-bond donors (Lipinski definition) is 1. The van der Waals surface area contributed by atoms with E-state index in [0.717, 1.165) is 23.4 Å². The van der Waals surface area contributed by atoms with Crippen LogP contribution >= 0.6 is 11.3 Å². The van der Waals surface area contributed by atoms with Crippen LogP contribution in [-0.4, -0.2) is 10.9 Å². The van der Waals surface area contributed by atoms with Crippen molar-refractivity contribution >= 4 is 17.2 Å². The summed E-state index contributed by atoms with van der Waals surface area (Å²) in [5.41, 5.74) is 1.68. The molecular formula is C12H10F2N2OS. The van der Waals surface area contributed by atoms with Gasteiger partial charge in [-0.3, -0.25) is 4.79 Å². The molecule has 0 aromatic carbocycles. The molecule has 0 bridgehead atoms. The zero-order valence-electron chi connectivity index (χ0n) is 9.54. The van der Waals surface area contributed by atoms with Gasteiger partial charge in [-0.1, -0.05) is 0 Å². The number of amides is 1. The van der Waals surface area contributed by atoms with Gasteiger partial charge in [-0.05, 0) is 34.9 Å². The lowest BCUT2D eigenvalue weighted by Crippen LogP contribution is -2.24. The van der Waals surface area contributed by atoms with Gasteiger partial charge in [-0.15, -0.1) is 0 Å². The molecule has 2 heterocycles. The Morgan fingerprint density at radius 3 is 2.89 bits per heavy atom. The fourth-order valence-electron chi connectivity index (χ4n) is 1.43. The number of carbonyl (C=O) groups is 1. The van der Waals surface area contributed by atoms with E-state index >= 15 is 0 Å². The van der Waals surface area contributed by atoms with E-state index in [9.17, 15) is 13.6 Å². The second-order valence-electron chi connectivity index (χ2n) is 3.73. The molecular weight excluding hydrogens is 258 g/mol. The molecule has 1 amide bonds. The molecule has 6 heteroatoms. The highest BCUT2D eigenvalue weighted by atomic mass is 32.1. The number of carbonyl (C=O) groups excluding carboxylic acids is 1. The minimum Gasteiger partial charge on any atom is -0.348 e. The van der Waals surface area contributed by atoms with Crippen LogP contribution in [0.4, 0.5) is 8.78 Å². The molecule has 2 aromatic rings. The molecule has 0 aliphatic rings. The van der Waals surface area contributed by atoms with Crippen LogP contribution in [0.5, 0.6) is 0 Å². The molecule has 2 rings (SSSR count). The van der Waals surface area contributed by atoms with E-state index in [2.05, 4.69) is 10.3 Å². The van der Waals surface area contributed by atoms with Crippen molar-refractivity contribution in [2.45, 2.75) is 13.5 Å². The third-order valence-electron chi connectivity index (χ3n) is 2.49. The van der Waals surface area contributed by atoms with Crippen LogP contribution < -0.4 is 5.32 Å². The number of aromatic nitrogens is 1. The minimum absolute atomic E-state index is 0.289. The van der Waals surface area contributed by atoms with Crippen LogP contribution in [0.3, 0.4) is 0 Å². The van der Waals surface area contributed by atoms with Gasteiger partial charge >= 0.3 is 0 Å². The number of thiophene rings is 1. The molecule has 0 spiro atoms. The fourth-order valence-corrected chi connectivity index (χ4v) is 2.29. The molecule has 0 atom stereocenters. The van der Waals surface area contributed by atoms with Gasteiger partial charge in [0, 0.05) is 12.7 Å². The van der Waals surface area contributed by atoms with Gasteiger partial charge in [0.05, 0.1) is 5.56 Å². The topological polar surface area (TPSA) is 42.0 Å². The summed E-state index contributed by atoms with van der Waals surface area (Å²) in [4.78, 5) is 14.8. The standard InChI is InChI=1S/C12H10F2N2OS/c1-7-5-18-6-8(7)4-16-12(17)9-2-3-15-11(14)10(9)13/h2-3,5-6H,4H2,1H3,(H,16,17). The molecule has 0 saturated carbocycles. The number of rotatable bonds is 3. The maximum Gasteiger partial charge on any atom is 0.254 e. The summed E-state index contributed by atoms with van der Waals surface area (Å²) in [6.07, 6.45) is 1.06. The SMILES string of the molecule is Cc1cscc1CNC(=O)c1ccnc(F)c1F. The maximum atomic E-state index is 13.3. The molecule has 0 aliphatic carbocycles. The molecule has 0 saturated heterocycles. The van der Waals surface area contributed by atoms with Gasteiger partial charge in [0.1, 0.15) is 0 Å². The number of hydrogen-bond acceptors (Lipinski definition) is 3. The quantitative estimate of drug-likeness (QED) is 0.870. The first-order chi connectivity index (χ1) is 8.59. The zero-order chi connectivity index (χ0) is 13.1. The second-order valence-corrected chi connectivity index (χ2v) is 4.47. The Bertz CT molecular complexity index is 583. The van der Waals surface area contributed by atoms with E-state index < -0.39 is 17.7 Å². The van der Waals surface area contributed by atoms with E-state index in [1.807, 2.05) is 17.7 Å². The van der Waals surface area contributed by atoms with Crippen molar-refractivity contribution < 1.29 is 13.6 Å². The van der Waals surface area contributed by atoms with Crippen LogP contribution in [0.1, 0.15) is 21.5 Å². The largest absolute Gasteiger partial charge is 0.348 e. The third kappa shape index (κ3) is 2.53. The van der Waals surface area contributed by atoms with Crippen LogP contribution in [0.2, 0.25) is 0 Å². The number of pyridine rings is 1. The summed E-state index contributed by atoms with van der Waals surface area (Å²) >= 11 is 1.52. The van der Waals surface area contributed by atoms with Crippen molar-refractivity contribution in [3.8, 4) is 0 Å².